The van der Waals surface area contributed by atoms with E-state index < -0.39 is 23.1 Å². The zero-order valence-electron chi connectivity index (χ0n) is 10.5. The first-order chi connectivity index (χ1) is 9.88. The summed E-state index contributed by atoms with van der Waals surface area (Å²) in [5.74, 6) is -0.667. The maximum Gasteiger partial charge on any atom is 0.417 e. The number of pyridine rings is 1. The van der Waals surface area contributed by atoms with E-state index in [0.717, 1.165) is 27.8 Å². The predicted octanol–water partition coefficient (Wildman–Crippen LogP) is 4.84. The molecule has 1 aromatic carbocycles. The van der Waals surface area contributed by atoms with E-state index in [-0.39, 0.29) is 5.75 Å². The molecule has 0 aliphatic rings. The first-order valence-electron chi connectivity index (χ1n) is 5.80. The molecule has 0 radical (unpaired) electrons. The number of benzene rings is 1. The van der Waals surface area contributed by atoms with Crippen LogP contribution in [0.3, 0.4) is 0 Å². The van der Waals surface area contributed by atoms with Crippen molar-refractivity contribution >= 4 is 33.5 Å². The molecule has 110 valence electrons. The van der Waals surface area contributed by atoms with Crippen LogP contribution < -0.4 is 0 Å². The zero-order chi connectivity index (χ0) is 15.5. The molecule has 0 aliphatic carbocycles. The Kier molecular flexibility index (Phi) is 5.05. The molecule has 2 aromatic rings. The number of Topliss-reactive ketones (excluding diaryl/α,β-unsaturated/α-hetero) is 1. The van der Waals surface area contributed by atoms with Crippen molar-refractivity contribution in [2.24, 2.45) is 0 Å². The molecule has 2 rings (SSSR count). The third-order valence-electron chi connectivity index (χ3n) is 2.61. The number of carbonyl (C=O) groups is 1. The van der Waals surface area contributed by atoms with Gasteiger partial charge in [0.2, 0.25) is 0 Å². The van der Waals surface area contributed by atoms with Crippen LogP contribution in [-0.2, 0) is 6.18 Å². The highest BCUT2D eigenvalue weighted by molar-refractivity contribution is 9.10. The summed E-state index contributed by atoms with van der Waals surface area (Å²) >= 11 is 4.47. The van der Waals surface area contributed by atoms with Gasteiger partial charge in [0.15, 0.2) is 5.78 Å². The van der Waals surface area contributed by atoms with E-state index in [0.29, 0.717) is 0 Å². The molecular formula is C14H9BrF3NOS. The largest absolute Gasteiger partial charge is 0.417 e. The minimum atomic E-state index is -4.56. The maximum absolute atomic E-state index is 12.8. The number of alkyl halides is 3. The summed E-state index contributed by atoms with van der Waals surface area (Å²) in [7, 11) is 0. The summed E-state index contributed by atoms with van der Waals surface area (Å²) < 4.78 is 39.4. The lowest BCUT2D eigenvalue weighted by Gasteiger charge is -2.11. The van der Waals surface area contributed by atoms with Crippen molar-refractivity contribution in [3.8, 4) is 0 Å². The average Bonchev–Trinajstić information content (AvgIpc) is 2.45. The molecule has 2 nitrogen and oxygen atoms in total. The van der Waals surface area contributed by atoms with Crippen molar-refractivity contribution in [2.45, 2.75) is 11.1 Å². The number of carbonyl (C=O) groups excluding carboxylic acids is 1. The van der Waals surface area contributed by atoms with Gasteiger partial charge in [-0.15, -0.1) is 11.8 Å². The van der Waals surface area contributed by atoms with Crippen LogP contribution in [0, 0.1) is 0 Å². The van der Waals surface area contributed by atoms with Gasteiger partial charge in [0.25, 0.3) is 0 Å². The molecule has 0 saturated heterocycles. The molecule has 0 aliphatic heterocycles. The van der Waals surface area contributed by atoms with Crippen LogP contribution in [0.15, 0.2) is 52.1 Å². The second-order valence-corrected chi connectivity index (χ2v) is 6.05. The molecule has 0 atom stereocenters. The lowest BCUT2D eigenvalue weighted by molar-refractivity contribution is -0.138. The smallest absolute Gasteiger partial charge is 0.293 e. The summed E-state index contributed by atoms with van der Waals surface area (Å²) in [5.41, 5.74) is -1.34. The van der Waals surface area contributed by atoms with Gasteiger partial charge < -0.3 is 0 Å². The van der Waals surface area contributed by atoms with E-state index in [9.17, 15) is 18.0 Å². The van der Waals surface area contributed by atoms with Crippen LogP contribution in [0.1, 0.15) is 15.9 Å². The standard InChI is InChI=1S/C14H9BrF3NOS/c15-9-1-3-10(4-2-9)21-8-13(20)11-7-19-6-5-12(11)14(16,17)18/h1-7H,8H2. The quantitative estimate of drug-likeness (QED) is 0.565. The topological polar surface area (TPSA) is 30.0 Å². The van der Waals surface area contributed by atoms with Gasteiger partial charge in [0.1, 0.15) is 0 Å². The van der Waals surface area contributed by atoms with Gasteiger partial charge in [-0.1, -0.05) is 15.9 Å². The Bertz CT molecular complexity index is 643. The molecule has 7 heteroatoms. The molecule has 0 saturated carbocycles. The van der Waals surface area contributed by atoms with Gasteiger partial charge in [-0.25, -0.2) is 0 Å². The van der Waals surface area contributed by atoms with Crippen LogP contribution in [-0.4, -0.2) is 16.5 Å². The Hall–Kier alpha value is -1.34. The molecule has 0 spiro atoms. The van der Waals surface area contributed by atoms with Crippen molar-refractivity contribution in [3.63, 3.8) is 0 Å². The van der Waals surface area contributed by atoms with E-state index in [4.69, 9.17) is 0 Å². The third kappa shape index (κ3) is 4.31. The number of hydrogen-bond donors (Lipinski definition) is 0. The van der Waals surface area contributed by atoms with Gasteiger partial charge in [-0.3, -0.25) is 9.78 Å². The van der Waals surface area contributed by atoms with Gasteiger partial charge in [0, 0.05) is 27.3 Å². The molecule has 0 bridgehead atoms. The Balaban J connectivity index is 2.12. The van der Waals surface area contributed by atoms with E-state index in [1.54, 1.807) is 24.3 Å². The highest BCUT2D eigenvalue weighted by atomic mass is 79.9. The second kappa shape index (κ2) is 6.62. The number of halogens is 4. The van der Waals surface area contributed by atoms with Crippen LogP contribution in [0.5, 0.6) is 0 Å². The maximum atomic E-state index is 12.8. The van der Waals surface area contributed by atoms with Crippen molar-refractivity contribution in [3.05, 3.63) is 58.3 Å². The summed E-state index contributed by atoms with van der Waals surface area (Å²) in [6, 6.07) is 8.00. The van der Waals surface area contributed by atoms with Crippen molar-refractivity contribution in [1.82, 2.24) is 4.98 Å². The number of thioether (sulfide) groups is 1. The first kappa shape index (κ1) is 16.0. The van der Waals surface area contributed by atoms with E-state index >= 15 is 0 Å². The van der Waals surface area contributed by atoms with Gasteiger partial charge >= 0.3 is 6.18 Å². The fraction of sp³-hybridized carbons (Fsp3) is 0.143. The third-order valence-corrected chi connectivity index (χ3v) is 4.15. The molecule has 0 fully saturated rings. The lowest BCUT2D eigenvalue weighted by Crippen LogP contribution is -2.14. The number of hydrogen-bond acceptors (Lipinski definition) is 3. The Labute approximate surface area is 131 Å². The van der Waals surface area contributed by atoms with Crippen molar-refractivity contribution in [2.75, 3.05) is 5.75 Å². The molecule has 21 heavy (non-hydrogen) atoms. The van der Waals surface area contributed by atoms with Crippen LogP contribution in [0.25, 0.3) is 0 Å². The van der Waals surface area contributed by atoms with Crippen LogP contribution in [0.4, 0.5) is 13.2 Å². The number of nitrogens with zero attached hydrogens (tertiary/aromatic N) is 1. The normalized spacial score (nSPS) is 11.4. The van der Waals surface area contributed by atoms with Crippen LogP contribution in [0.2, 0.25) is 0 Å². The monoisotopic (exact) mass is 375 g/mol. The van der Waals surface area contributed by atoms with Crippen molar-refractivity contribution in [1.29, 1.82) is 0 Å². The summed E-state index contributed by atoms with van der Waals surface area (Å²) in [6.45, 7) is 0. The Morgan fingerprint density at radius 2 is 1.86 bits per heavy atom. The predicted molar refractivity (Wildman–Crippen MR) is 78.4 cm³/mol. The highest BCUT2D eigenvalue weighted by Gasteiger charge is 2.34. The number of aromatic nitrogens is 1. The van der Waals surface area contributed by atoms with Gasteiger partial charge in [-0.2, -0.15) is 13.2 Å². The first-order valence-corrected chi connectivity index (χ1v) is 7.58. The number of ketones is 1. The molecule has 1 aromatic heterocycles. The molecule has 0 N–H and O–H groups in total. The van der Waals surface area contributed by atoms with Gasteiger partial charge in [-0.05, 0) is 30.3 Å². The minimum Gasteiger partial charge on any atom is -0.293 e. The second-order valence-electron chi connectivity index (χ2n) is 4.08. The SMILES string of the molecule is O=C(CSc1ccc(Br)cc1)c1cnccc1C(F)(F)F. The Morgan fingerprint density at radius 3 is 2.48 bits per heavy atom. The lowest BCUT2D eigenvalue weighted by atomic mass is 10.1. The summed E-state index contributed by atoms with van der Waals surface area (Å²) in [4.78, 5) is 16.4. The fourth-order valence-electron chi connectivity index (χ4n) is 1.62. The van der Waals surface area contributed by atoms with E-state index in [1.807, 2.05) is 0 Å². The van der Waals surface area contributed by atoms with Crippen molar-refractivity contribution < 1.29 is 18.0 Å². The van der Waals surface area contributed by atoms with E-state index in [1.165, 1.54) is 11.8 Å². The molecule has 0 amide bonds. The van der Waals surface area contributed by atoms with Gasteiger partial charge in [0.05, 0.1) is 11.3 Å². The molecule has 0 unspecified atom stereocenters. The summed E-state index contributed by atoms with van der Waals surface area (Å²) in [6.07, 6.45) is -2.56. The molecular weight excluding hydrogens is 367 g/mol. The zero-order valence-corrected chi connectivity index (χ0v) is 12.9. The summed E-state index contributed by atoms with van der Waals surface area (Å²) in [5, 5.41) is 0. The average molecular weight is 376 g/mol. The molecule has 1 heterocycles. The Morgan fingerprint density at radius 1 is 1.19 bits per heavy atom. The van der Waals surface area contributed by atoms with E-state index in [2.05, 4.69) is 20.9 Å². The number of rotatable bonds is 4. The van der Waals surface area contributed by atoms with Crippen LogP contribution >= 0.6 is 27.7 Å². The highest BCUT2D eigenvalue weighted by Crippen LogP contribution is 2.32. The minimum absolute atomic E-state index is 0.0730. The fourth-order valence-corrected chi connectivity index (χ4v) is 2.67.